The van der Waals surface area contributed by atoms with E-state index in [0.29, 0.717) is 17.8 Å². The van der Waals surface area contributed by atoms with Crippen molar-refractivity contribution in [2.75, 3.05) is 26.2 Å². The number of para-hydroxylation sites is 1. The molecule has 0 atom stereocenters. The van der Waals surface area contributed by atoms with Gasteiger partial charge >= 0.3 is 0 Å². The van der Waals surface area contributed by atoms with E-state index in [4.69, 9.17) is 0 Å². The number of hydrogen-bond acceptors (Lipinski definition) is 4. The van der Waals surface area contributed by atoms with Crippen LogP contribution in [0.4, 0.5) is 0 Å². The highest BCUT2D eigenvalue weighted by Crippen LogP contribution is 2.23. The van der Waals surface area contributed by atoms with E-state index in [1.807, 2.05) is 42.5 Å². The third-order valence-corrected chi connectivity index (χ3v) is 5.30. The molecule has 1 aliphatic rings. The smallest absolute Gasteiger partial charge is 0.255 e. The summed E-state index contributed by atoms with van der Waals surface area (Å²) in [7, 11) is 0. The minimum atomic E-state index is -0.0929. The Bertz CT molecular complexity index is 917. The Hall–Kier alpha value is -2.99. The Labute approximate surface area is 171 Å². The van der Waals surface area contributed by atoms with Crippen molar-refractivity contribution in [3.8, 4) is 16.9 Å². The van der Waals surface area contributed by atoms with E-state index in [1.54, 1.807) is 23.3 Å². The molecule has 29 heavy (non-hydrogen) atoms. The van der Waals surface area contributed by atoms with Crippen molar-refractivity contribution in [1.29, 1.82) is 0 Å². The molecule has 150 valence electrons. The normalized spacial score (nSPS) is 14.6. The first kappa shape index (κ1) is 19.3. The Morgan fingerprint density at radius 3 is 2.62 bits per heavy atom. The molecule has 1 fully saturated rings. The number of aromatic nitrogens is 3. The molecule has 0 radical (unpaired) electrons. The van der Waals surface area contributed by atoms with Crippen molar-refractivity contribution in [2.45, 2.75) is 25.7 Å². The molecule has 1 saturated heterocycles. The summed E-state index contributed by atoms with van der Waals surface area (Å²) in [5.41, 5.74) is 2.97. The molecule has 1 N–H and O–H groups in total. The SMILES string of the molecule is O=C(NCCCN1CCCCC1)c1cn(-c2ccccc2)nc1-c1cccnc1. The van der Waals surface area contributed by atoms with Crippen LogP contribution in [0.5, 0.6) is 0 Å². The molecule has 1 amide bonds. The van der Waals surface area contributed by atoms with Crippen molar-refractivity contribution >= 4 is 5.91 Å². The fourth-order valence-corrected chi connectivity index (χ4v) is 3.75. The highest BCUT2D eigenvalue weighted by Gasteiger charge is 2.18. The van der Waals surface area contributed by atoms with E-state index in [0.717, 1.165) is 24.2 Å². The van der Waals surface area contributed by atoms with Gasteiger partial charge in [-0.15, -0.1) is 0 Å². The second-order valence-electron chi connectivity index (χ2n) is 7.42. The van der Waals surface area contributed by atoms with Crippen molar-refractivity contribution in [2.24, 2.45) is 0 Å². The van der Waals surface area contributed by atoms with E-state index in [-0.39, 0.29) is 5.91 Å². The van der Waals surface area contributed by atoms with E-state index < -0.39 is 0 Å². The molecule has 2 aromatic heterocycles. The molecule has 0 unspecified atom stereocenters. The van der Waals surface area contributed by atoms with Gasteiger partial charge in [0.1, 0.15) is 5.69 Å². The summed E-state index contributed by atoms with van der Waals surface area (Å²) < 4.78 is 1.75. The first-order chi connectivity index (χ1) is 14.3. The third-order valence-electron chi connectivity index (χ3n) is 5.30. The molecule has 3 aromatic rings. The standard InChI is InChI=1S/C23H27N5O/c29-23(25-13-8-16-27-14-5-2-6-15-27)21-18-28(20-10-3-1-4-11-20)26-22(21)19-9-7-12-24-17-19/h1,3-4,7,9-12,17-18H,2,5-6,8,13-16H2,(H,25,29). The predicted octanol–water partition coefficient (Wildman–Crippen LogP) is 3.54. The third kappa shape index (κ3) is 4.90. The summed E-state index contributed by atoms with van der Waals surface area (Å²) in [6, 6.07) is 13.6. The molecule has 0 saturated carbocycles. The Kier molecular flexibility index (Phi) is 6.32. The van der Waals surface area contributed by atoms with Crippen LogP contribution in [0, 0.1) is 0 Å². The first-order valence-corrected chi connectivity index (χ1v) is 10.4. The molecule has 4 rings (SSSR count). The minimum Gasteiger partial charge on any atom is -0.352 e. The zero-order chi connectivity index (χ0) is 19.9. The van der Waals surface area contributed by atoms with Gasteiger partial charge in [-0.1, -0.05) is 24.6 Å². The zero-order valence-electron chi connectivity index (χ0n) is 16.6. The maximum Gasteiger partial charge on any atom is 0.255 e. The summed E-state index contributed by atoms with van der Waals surface area (Å²) in [4.78, 5) is 19.6. The average Bonchev–Trinajstić information content (AvgIpc) is 3.24. The summed E-state index contributed by atoms with van der Waals surface area (Å²) in [5.74, 6) is -0.0929. The quantitative estimate of drug-likeness (QED) is 0.628. The lowest BCUT2D eigenvalue weighted by molar-refractivity contribution is 0.0951. The van der Waals surface area contributed by atoms with Gasteiger partial charge < -0.3 is 10.2 Å². The van der Waals surface area contributed by atoms with Gasteiger partial charge in [0.15, 0.2) is 0 Å². The maximum absolute atomic E-state index is 12.9. The Morgan fingerprint density at radius 2 is 1.86 bits per heavy atom. The number of carbonyl (C=O) groups excluding carboxylic acids is 1. The summed E-state index contributed by atoms with van der Waals surface area (Å²) in [5, 5.41) is 7.76. The van der Waals surface area contributed by atoms with E-state index >= 15 is 0 Å². The number of nitrogens with one attached hydrogen (secondary N) is 1. The van der Waals surface area contributed by atoms with Gasteiger partial charge in [0.25, 0.3) is 5.91 Å². The highest BCUT2D eigenvalue weighted by atomic mass is 16.1. The summed E-state index contributed by atoms with van der Waals surface area (Å²) >= 11 is 0. The van der Waals surface area contributed by atoms with Gasteiger partial charge in [-0.3, -0.25) is 9.78 Å². The monoisotopic (exact) mass is 389 g/mol. The summed E-state index contributed by atoms with van der Waals surface area (Å²) in [6.45, 7) is 4.07. The minimum absolute atomic E-state index is 0.0929. The van der Waals surface area contributed by atoms with E-state index in [2.05, 4.69) is 20.3 Å². The molecular formula is C23H27N5O. The number of nitrogens with zero attached hydrogens (tertiary/aromatic N) is 4. The molecule has 6 heteroatoms. The second-order valence-corrected chi connectivity index (χ2v) is 7.42. The summed E-state index contributed by atoms with van der Waals surface area (Å²) in [6.07, 6.45) is 10.1. The maximum atomic E-state index is 12.9. The number of rotatable bonds is 7. The van der Waals surface area contributed by atoms with Crippen molar-refractivity contribution in [3.63, 3.8) is 0 Å². The number of pyridine rings is 1. The molecule has 3 heterocycles. The van der Waals surface area contributed by atoms with E-state index in [1.165, 1.54) is 32.4 Å². The first-order valence-electron chi connectivity index (χ1n) is 10.4. The number of hydrogen-bond donors (Lipinski definition) is 1. The predicted molar refractivity (Wildman–Crippen MR) is 114 cm³/mol. The topological polar surface area (TPSA) is 63.1 Å². The molecule has 1 aromatic carbocycles. The van der Waals surface area contributed by atoms with Gasteiger partial charge in [-0.05, 0) is 63.2 Å². The Morgan fingerprint density at radius 1 is 1.03 bits per heavy atom. The van der Waals surface area contributed by atoms with Crippen LogP contribution in [-0.2, 0) is 0 Å². The van der Waals surface area contributed by atoms with Gasteiger partial charge in [0, 0.05) is 30.7 Å². The molecule has 1 aliphatic heterocycles. The van der Waals surface area contributed by atoms with Crippen LogP contribution in [0.2, 0.25) is 0 Å². The Balaban J connectivity index is 1.47. The van der Waals surface area contributed by atoms with Crippen molar-refractivity contribution in [3.05, 3.63) is 66.6 Å². The van der Waals surface area contributed by atoms with Crippen LogP contribution in [0.3, 0.4) is 0 Å². The fraction of sp³-hybridized carbons (Fsp3) is 0.348. The van der Waals surface area contributed by atoms with Crippen LogP contribution in [0.15, 0.2) is 61.1 Å². The highest BCUT2D eigenvalue weighted by molar-refractivity contribution is 5.99. The van der Waals surface area contributed by atoms with Crippen LogP contribution in [0.1, 0.15) is 36.0 Å². The van der Waals surface area contributed by atoms with Crippen molar-refractivity contribution in [1.82, 2.24) is 25.0 Å². The van der Waals surface area contributed by atoms with Gasteiger partial charge in [0.2, 0.25) is 0 Å². The van der Waals surface area contributed by atoms with Crippen LogP contribution < -0.4 is 5.32 Å². The number of piperidine rings is 1. The lowest BCUT2D eigenvalue weighted by Gasteiger charge is -2.26. The van der Waals surface area contributed by atoms with Gasteiger partial charge in [0.05, 0.1) is 11.3 Å². The molecule has 0 spiro atoms. The zero-order valence-corrected chi connectivity index (χ0v) is 16.6. The second kappa shape index (κ2) is 9.47. The van der Waals surface area contributed by atoms with Crippen LogP contribution in [-0.4, -0.2) is 51.8 Å². The van der Waals surface area contributed by atoms with Gasteiger partial charge in [-0.2, -0.15) is 5.10 Å². The van der Waals surface area contributed by atoms with Crippen LogP contribution >= 0.6 is 0 Å². The number of carbonyl (C=O) groups is 1. The van der Waals surface area contributed by atoms with E-state index in [9.17, 15) is 4.79 Å². The van der Waals surface area contributed by atoms with Crippen LogP contribution in [0.25, 0.3) is 16.9 Å². The molecular weight excluding hydrogens is 362 g/mol. The molecule has 6 nitrogen and oxygen atoms in total. The fourth-order valence-electron chi connectivity index (χ4n) is 3.75. The average molecular weight is 390 g/mol. The molecule has 0 aliphatic carbocycles. The van der Waals surface area contributed by atoms with Crippen molar-refractivity contribution < 1.29 is 4.79 Å². The lowest BCUT2D eigenvalue weighted by Crippen LogP contribution is -2.33. The number of amides is 1. The number of benzene rings is 1. The number of likely N-dealkylation sites (tertiary alicyclic amines) is 1. The largest absolute Gasteiger partial charge is 0.352 e. The van der Waals surface area contributed by atoms with Gasteiger partial charge in [-0.25, -0.2) is 4.68 Å². The lowest BCUT2D eigenvalue weighted by atomic mass is 10.1. The molecule has 0 bridgehead atoms.